The van der Waals surface area contributed by atoms with Crippen LogP contribution in [0.15, 0.2) is 52.1 Å². The quantitative estimate of drug-likeness (QED) is 0.494. The highest BCUT2D eigenvalue weighted by Crippen LogP contribution is 2.25. The maximum Gasteiger partial charge on any atom is 0.191 e. The number of nitrogens with zero attached hydrogens (tertiary/aromatic N) is 2. The Balaban J connectivity index is 1.59. The number of nitrogens with one attached hydrogen (secondary N) is 2. The predicted molar refractivity (Wildman–Crippen MR) is 119 cm³/mol. The first-order valence-corrected chi connectivity index (χ1v) is 11.2. The van der Waals surface area contributed by atoms with Crippen molar-refractivity contribution < 1.29 is 4.42 Å². The molecule has 2 heterocycles. The van der Waals surface area contributed by atoms with Crippen LogP contribution in [0.1, 0.15) is 36.7 Å². The zero-order valence-electron chi connectivity index (χ0n) is 17.0. The zero-order chi connectivity index (χ0) is 19.6. The molecular weight excluding hydrogens is 368 g/mol. The van der Waals surface area contributed by atoms with Crippen LogP contribution < -0.4 is 10.6 Å². The summed E-state index contributed by atoms with van der Waals surface area (Å²) in [6.07, 6.45) is 4.37. The van der Waals surface area contributed by atoms with Gasteiger partial charge < -0.3 is 15.1 Å². The van der Waals surface area contributed by atoms with Crippen molar-refractivity contribution in [2.24, 2.45) is 4.99 Å². The van der Waals surface area contributed by atoms with Crippen molar-refractivity contribution >= 4 is 17.7 Å². The number of aliphatic imine (C=N–C) groups is 1. The SMILES string of the molecule is CCNC(=NCc1ccccc1CN(C)Cc1ccco1)NCC1CCCS1. The summed E-state index contributed by atoms with van der Waals surface area (Å²) in [5.74, 6) is 3.19. The first-order chi connectivity index (χ1) is 13.7. The number of guanidine groups is 1. The van der Waals surface area contributed by atoms with Gasteiger partial charge in [-0.3, -0.25) is 4.90 Å². The van der Waals surface area contributed by atoms with E-state index in [1.165, 1.54) is 29.7 Å². The summed E-state index contributed by atoms with van der Waals surface area (Å²) in [6, 6.07) is 12.5. The summed E-state index contributed by atoms with van der Waals surface area (Å²) in [5, 5.41) is 7.61. The van der Waals surface area contributed by atoms with E-state index in [9.17, 15) is 0 Å². The molecule has 0 bridgehead atoms. The normalized spacial score (nSPS) is 17.2. The van der Waals surface area contributed by atoms with Gasteiger partial charge in [0.2, 0.25) is 0 Å². The van der Waals surface area contributed by atoms with Gasteiger partial charge in [-0.25, -0.2) is 4.99 Å². The molecule has 6 heteroatoms. The van der Waals surface area contributed by atoms with Crippen LogP contribution in [-0.4, -0.2) is 42.0 Å². The summed E-state index contributed by atoms with van der Waals surface area (Å²) < 4.78 is 5.47. The molecule has 0 spiro atoms. The van der Waals surface area contributed by atoms with E-state index >= 15 is 0 Å². The number of thioether (sulfide) groups is 1. The molecule has 3 rings (SSSR count). The summed E-state index contributed by atoms with van der Waals surface area (Å²) in [6.45, 7) is 6.32. The van der Waals surface area contributed by atoms with Crippen LogP contribution in [0.4, 0.5) is 0 Å². The lowest BCUT2D eigenvalue weighted by Gasteiger charge is -2.18. The van der Waals surface area contributed by atoms with Crippen molar-refractivity contribution in [2.45, 2.75) is 44.6 Å². The van der Waals surface area contributed by atoms with Gasteiger partial charge in [-0.1, -0.05) is 24.3 Å². The number of benzene rings is 1. The van der Waals surface area contributed by atoms with Gasteiger partial charge in [0.25, 0.3) is 0 Å². The van der Waals surface area contributed by atoms with E-state index in [0.717, 1.165) is 37.9 Å². The molecule has 0 saturated carbocycles. The van der Waals surface area contributed by atoms with Crippen molar-refractivity contribution in [3.8, 4) is 0 Å². The van der Waals surface area contributed by atoms with Crippen molar-refractivity contribution in [3.05, 3.63) is 59.5 Å². The van der Waals surface area contributed by atoms with Gasteiger partial charge in [-0.15, -0.1) is 0 Å². The lowest BCUT2D eigenvalue weighted by molar-refractivity contribution is 0.287. The number of hydrogen-bond donors (Lipinski definition) is 2. The Morgan fingerprint density at radius 2 is 2.04 bits per heavy atom. The van der Waals surface area contributed by atoms with Crippen molar-refractivity contribution in [1.82, 2.24) is 15.5 Å². The highest BCUT2D eigenvalue weighted by molar-refractivity contribution is 8.00. The summed E-state index contributed by atoms with van der Waals surface area (Å²) >= 11 is 2.07. The molecular formula is C22H32N4OS. The molecule has 1 aliphatic rings. The Labute approximate surface area is 173 Å². The average Bonchev–Trinajstić information content (AvgIpc) is 3.39. The van der Waals surface area contributed by atoms with E-state index in [4.69, 9.17) is 9.41 Å². The Morgan fingerprint density at radius 1 is 1.18 bits per heavy atom. The van der Waals surface area contributed by atoms with Crippen molar-refractivity contribution in [1.29, 1.82) is 0 Å². The smallest absolute Gasteiger partial charge is 0.191 e. The molecule has 1 fully saturated rings. The maximum atomic E-state index is 5.47. The first kappa shape index (κ1) is 20.8. The Kier molecular flexibility index (Phi) is 8.30. The van der Waals surface area contributed by atoms with Crippen LogP contribution in [0.3, 0.4) is 0 Å². The fraction of sp³-hybridized carbons (Fsp3) is 0.500. The van der Waals surface area contributed by atoms with Crippen molar-refractivity contribution in [3.63, 3.8) is 0 Å². The third-order valence-corrected chi connectivity index (χ3v) is 6.24. The second kappa shape index (κ2) is 11.2. The highest BCUT2D eigenvalue weighted by atomic mass is 32.2. The molecule has 2 N–H and O–H groups in total. The van der Waals surface area contributed by atoms with Crippen LogP contribution in [0.5, 0.6) is 0 Å². The number of furan rings is 1. The lowest BCUT2D eigenvalue weighted by atomic mass is 10.1. The van der Waals surface area contributed by atoms with Crippen molar-refractivity contribution in [2.75, 3.05) is 25.9 Å². The average molecular weight is 401 g/mol. The van der Waals surface area contributed by atoms with Gasteiger partial charge in [-0.2, -0.15) is 11.8 Å². The van der Waals surface area contributed by atoms with Crippen LogP contribution >= 0.6 is 11.8 Å². The third-order valence-electron chi connectivity index (χ3n) is 4.84. The number of rotatable bonds is 9. The van der Waals surface area contributed by atoms with E-state index in [1.54, 1.807) is 6.26 Å². The lowest BCUT2D eigenvalue weighted by Crippen LogP contribution is -2.40. The minimum atomic E-state index is 0.678. The van der Waals surface area contributed by atoms with E-state index < -0.39 is 0 Å². The van der Waals surface area contributed by atoms with Gasteiger partial charge >= 0.3 is 0 Å². The van der Waals surface area contributed by atoms with Gasteiger partial charge in [0.15, 0.2) is 5.96 Å². The first-order valence-electron chi connectivity index (χ1n) is 10.2. The van der Waals surface area contributed by atoms with Gasteiger partial charge in [-0.05, 0) is 55.8 Å². The molecule has 1 atom stereocenters. The minimum Gasteiger partial charge on any atom is -0.468 e. The van der Waals surface area contributed by atoms with E-state index in [1.807, 2.05) is 12.1 Å². The van der Waals surface area contributed by atoms with Gasteiger partial charge in [0, 0.05) is 24.9 Å². The Morgan fingerprint density at radius 3 is 2.75 bits per heavy atom. The fourth-order valence-electron chi connectivity index (χ4n) is 3.40. The second-order valence-electron chi connectivity index (χ2n) is 7.23. The molecule has 0 amide bonds. The van der Waals surface area contributed by atoms with Crippen LogP contribution in [-0.2, 0) is 19.6 Å². The molecule has 28 heavy (non-hydrogen) atoms. The molecule has 1 aliphatic heterocycles. The molecule has 0 aliphatic carbocycles. The molecule has 1 saturated heterocycles. The monoisotopic (exact) mass is 400 g/mol. The summed E-state index contributed by atoms with van der Waals surface area (Å²) in [7, 11) is 2.12. The topological polar surface area (TPSA) is 52.8 Å². The molecule has 2 aromatic rings. The largest absolute Gasteiger partial charge is 0.468 e. The number of hydrogen-bond acceptors (Lipinski definition) is 4. The Bertz CT molecular complexity index is 726. The van der Waals surface area contributed by atoms with Crippen LogP contribution in [0.25, 0.3) is 0 Å². The zero-order valence-corrected chi connectivity index (χ0v) is 17.8. The Hall–Kier alpha value is -1.92. The van der Waals surface area contributed by atoms with Gasteiger partial charge in [0.05, 0.1) is 19.4 Å². The molecule has 152 valence electrons. The second-order valence-corrected chi connectivity index (χ2v) is 8.64. The standard InChI is InChI=1S/C22H32N4OS/c1-3-23-22(25-15-21-11-7-13-28-21)24-14-18-8-4-5-9-19(18)16-26(2)17-20-10-6-12-27-20/h4-6,8-10,12,21H,3,7,11,13-17H2,1-2H3,(H2,23,24,25). The van der Waals surface area contributed by atoms with Crippen LogP contribution in [0.2, 0.25) is 0 Å². The van der Waals surface area contributed by atoms with E-state index in [0.29, 0.717) is 11.8 Å². The molecule has 5 nitrogen and oxygen atoms in total. The summed E-state index contributed by atoms with van der Waals surface area (Å²) in [4.78, 5) is 7.10. The third kappa shape index (κ3) is 6.60. The maximum absolute atomic E-state index is 5.47. The fourth-order valence-corrected chi connectivity index (χ4v) is 4.60. The van der Waals surface area contributed by atoms with Crippen LogP contribution in [0, 0.1) is 0 Å². The van der Waals surface area contributed by atoms with E-state index in [-0.39, 0.29) is 0 Å². The molecule has 0 radical (unpaired) electrons. The highest BCUT2D eigenvalue weighted by Gasteiger charge is 2.15. The molecule has 1 aromatic carbocycles. The predicted octanol–water partition coefficient (Wildman–Crippen LogP) is 3.86. The summed E-state index contributed by atoms with van der Waals surface area (Å²) in [5.41, 5.74) is 2.57. The molecule has 1 aromatic heterocycles. The minimum absolute atomic E-state index is 0.678. The molecule has 1 unspecified atom stereocenters. The van der Waals surface area contributed by atoms with Gasteiger partial charge in [0.1, 0.15) is 5.76 Å². The van der Waals surface area contributed by atoms with E-state index in [2.05, 4.69) is 65.5 Å².